The summed E-state index contributed by atoms with van der Waals surface area (Å²) in [5.74, 6) is 0.0320. The minimum atomic E-state index is -0.881. The predicted octanol–water partition coefficient (Wildman–Crippen LogP) is 1.39. The van der Waals surface area contributed by atoms with Crippen LogP contribution in [0.25, 0.3) is 0 Å². The van der Waals surface area contributed by atoms with Gasteiger partial charge in [-0.2, -0.15) is 0 Å². The number of nitrogens with zero attached hydrogens (tertiary/aromatic N) is 2. The van der Waals surface area contributed by atoms with E-state index in [0.29, 0.717) is 19.4 Å². The molecule has 1 atom stereocenters. The predicted molar refractivity (Wildman–Crippen MR) is 60.3 cm³/mol. The quantitative estimate of drug-likeness (QED) is 0.737. The van der Waals surface area contributed by atoms with Gasteiger partial charge in [0.2, 0.25) is 5.91 Å². The largest absolute Gasteiger partial charge is 0.465 e. The van der Waals surface area contributed by atoms with Crippen molar-refractivity contribution >= 4 is 12.0 Å². The maximum absolute atomic E-state index is 11.3. The number of amides is 2. The molecule has 0 saturated carbocycles. The van der Waals surface area contributed by atoms with E-state index < -0.39 is 11.6 Å². The van der Waals surface area contributed by atoms with Gasteiger partial charge in [-0.3, -0.25) is 4.79 Å². The van der Waals surface area contributed by atoms with Crippen LogP contribution in [0.5, 0.6) is 0 Å². The Morgan fingerprint density at radius 1 is 1.44 bits per heavy atom. The van der Waals surface area contributed by atoms with E-state index in [9.17, 15) is 9.59 Å². The lowest BCUT2D eigenvalue weighted by atomic mass is 9.86. The van der Waals surface area contributed by atoms with E-state index in [1.165, 1.54) is 11.8 Å². The molecule has 0 aromatic carbocycles. The van der Waals surface area contributed by atoms with Crippen LogP contribution in [0.3, 0.4) is 0 Å². The van der Waals surface area contributed by atoms with E-state index in [2.05, 4.69) is 0 Å². The SMILES string of the molecule is CC(=O)N(C)[C@@H]1CCN(C(=O)O)C(C)(C)C1. The number of carboxylic acid groups (broad SMARTS) is 1. The number of carbonyl (C=O) groups is 2. The Bertz CT molecular complexity index is 302. The molecule has 1 heterocycles. The first-order valence-corrected chi connectivity index (χ1v) is 5.49. The fourth-order valence-corrected chi connectivity index (χ4v) is 2.31. The Hall–Kier alpha value is -1.26. The molecule has 1 aliphatic heterocycles. The molecular formula is C11H20N2O3. The van der Waals surface area contributed by atoms with Crippen LogP contribution in [0.2, 0.25) is 0 Å². The lowest BCUT2D eigenvalue weighted by Crippen LogP contribution is -2.57. The highest BCUT2D eigenvalue weighted by Gasteiger charge is 2.39. The van der Waals surface area contributed by atoms with Crippen molar-refractivity contribution in [3.05, 3.63) is 0 Å². The summed E-state index contributed by atoms with van der Waals surface area (Å²) >= 11 is 0. The zero-order valence-electron chi connectivity index (χ0n) is 10.4. The summed E-state index contributed by atoms with van der Waals surface area (Å²) in [5, 5.41) is 9.05. The first kappa shape index (κ1) is 12.8. The second-order valence-corrected chi connectivity index (χ2v) is 5.02. The third-order valence-corrected chi connectivity index (χ3v) is 3.43. The third kappa shape index (κ3) is 2.46. The molecular weight excluding hydrogens is 208 g/mol. The molecule has 1 aliphatic rings. The zero-order valence-corrected chi connectivity index (χ0v) is 10.4. The maximum Gasteiger partial charge on any atom is 0.407 e. The van der Waals surface area contributed by atoms with E-state index in [1.807, 2.05) is 13.8 Å². The van der Waals surface area contributed by atoms with Crippen molar-refractivity contribution in [2.45, 2.75) is 45.2 Å². The maximum atomic E-state index is 11.3. The van der Waals surface area contributed by atoms with Gasteiger partial charge in [0.05, 0.1) is 0 Å². The van der Waals surface area contributed by atoms with Gasteiger partial charge in [-0.05, 0) is 26.7 Å². The van der Waals surface area contributed by atoms with Gasteiger partial charge in [-0.25, -0.2) is 4.79 Å². The molecule has 0 aliphatic carbocycles. The molecule has 2 amide bonds. The summed E-state index contributed by atoms with van der Waals surface area (Å²) < 4.78 is 0. The van der Waals surface area contributed by atoms with E-state index >= 15 is 0 Å². The second kappa shape index (κ2) is 4.31. The summed E-state index contributed by atoms with van der Waals surface area (Å²) in [7, 11) is 1.78. The fraction of sp³-hybridized carbons (Fsp3) is 0.818. The van der Waals surface area contributed by atoms with Crippen LogP contribution in [-0.2, 0) is 4.79 Å². The number of hydrogen-bond donors (Lipinski definition) is 1. The fourth-order valence-electron chi connectivity index (χ4n) is 2.31. The Morgan fingerprint density at radius 3 is 2.38 bits per heavy atom. The average Bonchev–Trinajstić information content (AvgIpc) is 2.13. The number of rotatable bonds is 1. The van der Waals surface area contributed by atoms with E-state index in [-0.39, 0.29) is 11.9 Å². The first-order valence-electron chi connectivity index (χ1n) is 5.49. The Morgan fingerprint density at radius 2 is 2.00 bits per heavy atom. The van der Waals surface area contributed by atoms with Crippen LogP contribution in [0.1, 0.15) is 33.6 Å². The van der Waals surface area contributed by atoms with Crippen molar-refractivity contribution in [1.29, 1.82) is 0 Å². The van der Waals surface area contributed by atoms with Gasteiger partial charge in [0.1, 0.15) is 0 Å². The highest BCUT2D eigenvalue weighted by atomic mass is 16.4. The van der Waals surface area contributed by atoms with Crippen LogP contribution >= 0.6 is 0 Å². The van der Waals surface area contributed by atoms with E-state index in [1.54, 1.807) is 11.9 Å². The molecule has 0 aromatic heterocycles. The van der Waals surface area contributed by atoms with E-state index in [0.717, 1.165) is 0 Å². The molecule has 0 spiro atoms. The smallest absolute Gasteiger partial charge is 0.407 e. The summed E-state index contributed by atoms with van der Waals surface area (Å²) in [5.41, 5.74) is -0.404. The van der Waals surface area contributed by atoms with Gasteiger partial charge in [0.25, 0.3) is 0 Å². The van der Waals surface area contributed by atoms with Crippen molar-refractivity contribution in [2.24, 2.45) is 0 Å². The van der Waals surface area contributed by atoms with Gasteiger partial charge in [0, 0.05) is 32.1 Å². The standard InChI is InChI=1S/C11H20N2O3/c1-8(14)12(4)9-5-6-13(10(15)16)11(2,3)7-9/h9H,5-7H2,1-4H3,(H,15,16)/t9-/m1/s1. The highest BCUT2D eigenvalue weighted by molar-refractivity contribution is 5.73. The van der Waals surface area contributed by atoms with Gasteiger partial charge in [-0.1, -0.05) is 0 Å². The molecule has 5 heteroatoms. The molecule has 0 radical (unpaired) electrons. The Labute approximate surface area is 96.0 Å². The van der Waals surface area contributed by atoms with Gasteiger partial charge >= 0.3 is 6.09 Å². The minimum Gasteiger partial charge on any atom is -0.465 e. The number of likely N-dealkylation sites (tertiary alicyclic amines) is 1. The van der Waals surface area contributed by atoms with Gasteiger partial charge in [0.15, 0.2) is 0 Å². The molecule has 1 N–H and O–H groups in total. The zero-order chi connectivity index (χ0) is 12.5. The minimum absolute atomic E-state index is 0.0320. The van der Waals surface area contributed by atoms with E-state index in [4.69, 9.17) is 5.11 Å². The van der Waals surface area contributed by atoms with Crippen LogP contribution in [-0.4, -0.2) is 52.1 Å². The second-order valence-electron chi connectivity index (χ2n) is 5.02. The molecule has 1 rings (SSSR count). The molecule has 92 valence electrons. The summed E-state index contributed by atoms with van der Waals surface area (Å²) in [6.45, 7) is 5.84. The number of piperidine rings is 1. The molecule has 16 heavy (non-hydrogen) atoms. The normalized spacial score (nSPS) is 24.0. The van der Waals surface area contributed by atoms with Crippen molar-refractivity contribution in [2.75, 3.05) is 13.6 Å². The lowest BCUT2D eigenvalue weighted by Gasteiger charge is -2.46. The first-order chi connectivity index (χ1) is 7.25. The van der Waals surface area contributed by atoms with Gasteiger partial charge in [-0.15, -0.1) is 0 Å². The van der Waals surface area contributed by atoms with Crippen molar-refractivity contribution in [1.82, 2.24) is 9.80 Å². The molecule has 1 fully saturated rings. The van der Waals surface area contributed by atoms with Crippen LogP contribution in [0.4, 0.5) is 4.79 Å². The monoisotopic (exact) mass is 228 g/mol. The van der Waals surface area contributed by atoms with Gasteiger partial charge < -0.3 is 14.9 Å². The lowest BCUT2D eigenvalue weighted by molar-refractivity contribution is -0.131. The Balaban J connectivity index is 2.74. The molecule has 5 nitrogen and oxygen atoms in total. The Kier molecular flexibility index (Phi) is 3.45. The summed E-state index contributed by atoms with van der Waals surface area (Å²) in [4.78, 5) is 25.5. The molecule has 0 aromatic rings. The average molecular weight is 228 g/mol. The van der Waals surface area contributed by atoms with Crippen LogP contribution in [0.15, 0.2) is 0 Å². The molecule has 0 bridgehead atoms. The topological polar surface area (TPSA) is 60.9 Å². The summed E-state index contributed by atoms with van der Waals surface area (Å²) in [6, 6.07) is 0.142. The summed E-state index contributed by atoms with van der Waals surface area (Å²) in [6.07, 6.45) is 0.523. The molecule has 0 unspecified atom stereocenters. The number of carbonyl (C=O) groups excluding carboxylic acids is 1. The van der Waals surface area contributed by atoms with Crippen molar-refractivity contribution < 1.29 is 14.7 Å². The highest BCUT2D eigenvalue weighted by Crippen LogP contribution is 2.29. The van der Waals surface area contributed by atoms with Crippen LogP contribution < -0.4 is 0 Å². The number of hydrogen-bond acceptors (Lipinski definition) is 2. The van der Waals surface area contributed by atoms with Crippen molar-refractivity contribution in [3.8, 4) is 0 Å². The van der Waals surface area contributed by atoms with Crippen LogP contribution in [0, 0.1) is 0 Å². The van der Waals surface area contributed by atoms with Crippen molar-refractivity contribution in [3.63, 3.8) is 0 Å². The third-order valence-electron chi connectivity index (χ3n) is 3.43. The molecule has 1 saturated heterocycles.